The number of hydrogen-bond donors (Lipinski definition) is 4. The number of non-ortho nitro benzene ring substituents is 1. The predicted molar refractivity (Wildman–Crippen MR) is 146 cm³/mol. The Morgan fingerprint density at radius 2 is 1.66 bits per heavy atom. The van der Waals surface area contributed by atoms with Gasteiger partial charge >= 0.3 is 0 Å². The lowest BCUT2D eigenvalue weighted by atomic mass is 9.98. The van der Waals surface area contributed by atoms with E-state index in [0.29, 0.717) is 38.2 Å². The normalized spacial score (nSPS) is 20.6. The Morgan fingerprint density at radius 3 is 2.27 bits per heavy atom. The standard InChI is InChI=1S/C22H31ClN6O11S/c23-21-26-22(41-27-21)25-16-12-40-18(20(31)19(16)30)13-39-10-9-38-8-7-37-6-5-36-4-3-24-15-2-1-14(28(32)33)11-17(15)29(34)35/h1-2,11,16,18-20,24,30-31H,3-10,12-13H2,(H,25,26,27). The number of halogens is 1. The van der Waals surface area contributed by atoms with E-state index in [9.17, 15) is 30.4 Å². The summed E-state index contributed by atoms with van der Waals surface area (Å²) < 4.78 is 31.1. The summed E-state index contributed by atoms with van der Waals surface area (Å²) in [6.45, 7) is 2.58. The maximum atomic E-state index is 11.1. The Morgan fingerprint density at radius 1 is 1.00 bits per heavy atom. The zero-order chi connectivity index (χ0) is 29.6. The molecule has 0 bridgehead atoms. The molecule has 41 heavy (non-hydrogen) atoms. The molecule has 1 aliphatic heterocycles. The molecule has 2 aromatic rings. The second-order valence-corrected chi connectivity index (χ2v) is 9.62. The van der Waals surface area contributed by atoms with Crippen LogP contribution in [-0.2, 0) is 23.7 Å². The zero-order valence-electron chi connectivity index (χ0n) is 21.8. The highest BCUT2D eigenvalue weighted by molar-refractivity contribution is 7.09. The summed E-state index contributed by atoms with van der Waals surface area (Å²) >= 11 is 6.72. The van der Waals surface area contributed by atoms with Crippen molar-refractivity contribution in [1.29, 1.82) is 0 Å². The summed E-state index contributed by atoms with van der Waals surface area (Å²) in [6.07, 6.45) is -2.94. The third-order valence-corrected chi connectivity index (χ3v) is 6.61. The van der Waals surface area contributed by atoms with E-state index in [1.165, 1.54) is 12.1 Å². The SMILES string of the molecule is O=[N+]([O-])c1ccc(NCCOCCOCCOCCOCC2OCC(Nc3nc(Cl)ns3)C(O)C2O)c([N+](=O)[O-])c1. The first-order valence-corrected chi connectivity index (χ1v) is 13.6. The molecule has 1 aromatic carbocycles. The number of nitrogens with one attached hydrogen (secondary N) is 2. The fourth-order valence-corrected chi connectivity index (χ4v) is 4.40. The van der Waals surface area contributed by atoms with Crippen LogP contribution in [0.25, 0.3) is 0 Å². The van der Waals surface area contributed by atoms with Gasteiger partial charge in [-0.3, -0.25) is 20.2 Å². The molecule has 2 heterocycles. The lowest BCUT2D eigenvalue weighted by Crippen LogP contribution is -2.56. The third kappa shape index (κ3) is 10.8. The lowest BCUT2D eigenvalue weighted by molar-refractivity contribution is -0.393. The lowest BCUT2D eigenvalue weighted by Gasteiger charge is -2.37. The minimum absolute atomic E-state index is 0.0825. The number of benzene rings is 1. The highest BCUT2D eigenvalue weighted by Crippen LogP contribution is 2.28. The van der Waals surface area contributed by atoms with Gasteiger partial charge in [-0.15, -0.1) is 0 Å². The molecule has 0 aliphatic carbocycles. The summed E-state index contributed by atoms with van der Waals surface area (Å²) in [5.74, 6) is 0. The van der Waals surface area contributed by atoms with Crippen molar-refractivity contribution in [2.75, 3.05) is 76.6 Å². The maximum absolute atomic E-state index is 11.1. The van der Waals surface area contributed by atoms with E-state index in [0.717, 1.165) is 17.6 Å². The van der Waals surface area contributed by atoms with Crippen LogP contribution in [0.2, 0.25) is 5.28 Å². The average Bonchev–Trinajstić information content (AvgIpc) is 3.36. The maximum Gasteiger partial charge on any atom is 0.299 e. The molecule has 0 spiro atoms. The summed E-state index contributed by atoms with van der Waals surface area (Å²) in [7, 11) is 0. The fraction of sp³-hybridized carbons (Fsp3) is 0.636. The second-order valence-electron chi connectivity index (χ2n) is 8.53. The van der Waals surface area contributed by atoms with Crippen molar-refractivity contribution in [2.24, 2.45) is 0 Å². The minimum atomic E-state index is -1.15. The van der Waals surface area contributed by atoms with Crippen LogP contribution < -0.4 is 10.6 Å². The molecule has 0 saturated carbocycles. The molecule has 1 fully saturated rings. The Kier molecular flexibility index (Phi) is 13.7. The predicted octanol–water partition coefficient (Wildman–Crippen LogP) is 1.09. The number of anilines is 2. The van der Waals surface area contributed by atoms with Gasteiger partial charge in [0.1, 0.15) is 24.0 Å². The van der Waals surface area contributed by atoms with Crippen molar-refractivity contribution in [1.82, 2.24) is 9.36 Å². The monoisotopic (exact) mass is 622 g/mol. The number of nitro groups is 2. The fourth-order valence-electron chi connectivity index (χ4n) is 3.63. The summed E-state index contributed by atoms with van der Waals surface area (Å²) in [5, 5.41) is 48.9. The number of aliphatic hydroxyl groups is 2. The van der Waals surface area contributed by atoms with E-state index >= 15 is 0 Å². The molecule has 3 rings (SSSR count). The number of nitrogens with zero attached hydrogens (tertiary/aromatic N) is 4. The molecule has 0 radical (unpaired) electrons. The number of hydrogen-bond acceptors (Lipinski definition) is 16. The van der Waals surface area contributed by atoms with Crippen molar-refractivity contribution in [2.45, 2.75) is 24.4 Å². The van der Waals surface area contributed by atoms with Crippen LogP contribution in [-0.4, -0.2) is 120 Å². The van der Waals surface area contributed by atoms with Gasteiger partial charge in [0.25, 0.3) is 11.4 Å². The van der Waals surface area contributed by atoms with E-state index in [2.05, 4.69) is 20.0 Å². The first-order valence-electron chi connectivity index (χ1n) is 12.5. The molecule has 19 heteroatoms. The number of aromatic nitrogens is 2. The summed E-state index contributed by atoms with van der Waals surface area (Å²) in [6, 6.07) is 2.81. The number of aliphatic hydroxyl groups excluding tert-OH is 2. The van der Waals surface area contributed by atoms with Gasteiger partial charge < -0.3 is 44.5 Å². The van der Waals surface area contributed by atoms with Crippen LogP contribution in [0.15, 0.2) is 18.2 Å². The molecule has 1 aliphatic rings. The minimum Gasteiger partial charge on any atom is -0.388 e. The molecular weight excluding hydrogens is 592 g/mol. The van der Waals surface area contributed by atoms with Crippen molar-refractivity contribution in [3.63, 3.8) is 0 Å². The highest BCUT2D eigenvalue weighted by atomic mass is 35.5. The van der Waals surface area contributed by atoms with Gasteiger partial charge in [0, 0.05) is 24.1 Å². The average molecular weight is 623 g/mol. The number of rotatable bonds is 19. The molecular formula is C22H31ClN6O11S. The van der Waals surface area contributed by atoms with Crippen LogP contribution in [0.1, 0.15) is 0 Å². The molecule has 228 valence electrons. The van der Waals surface area contributed by atoms with Crippen molar-refractivity contribution >= 4 is 45.3 Å². The van der Waals surface area contributed by atoms with Gasteiger partial charge in [-0.2, -0.15) is 9.36 Å². The smallest absolute Gasteiger partial charge is 0.299 e. The van der Waals surface area contributed by atoms with Crippen molar-refractivity contribution in [3.05, 3.63) is 43.7 Å². The molecule has 17 nitrogen and oxygen atoms in total. The first kappa shape index (κ1) is 32.7. The number of nitro benzene ring substituents is 2. The van der Waals surface area contributed by atoms with Crippen molar-refractivity contribution in [3.8, 4) is 0 Å². The molecule has 4 atom stereocenters. The van der Waals surface area contributed by atoms with Crippen molar-refractivity contribution < 1.29 is 43.7 Å². The molecule has 0 amide bonds. The molecule has 4 N–H and O–H groups in total. The highest BCUT2D eigenvalue weighted by Gasteiger charge is 2.38. The van der Waals surface area contributed by atoms with Crippen LogP contribution in [0.3, 0.4) is 0 Å². The third-order valence-electron chi connectivity index (χ3n) is 5.69. The van der Waals surface area contributed by atoms with Gasteiger partial charge in [-0.1, -0.05) is 0 Å². The van der Waals surface area contributed by atoms with Crippen LogP contribution in [0, 0.1) is 20.2 Å². The van der Waals surface area contributed by atoms with E-state index in [1.807, 2.05) is 0 Å². The Balaban J connectivity index is 1.14. The Bertz CT molecular complexity index is 1120. The Labute approximate surface area is 243 Å². The van der Waals surface area contributed by atoms with Gasteiger partial charge in [-0.25, -0.2) is 0 Å². The van der Waals surface area contributed by atoms with Crippen LogP contribution in [0.4, 0.5) is 22.2 Å². The van der Waals surface area contributed by atoms with Gasteiger partial charge in [0.05, 0.1) is 81.4 Å². The van der Waals surface area contributed by atoms with E-state index in [1.54, 1.807) is 0 Å². The molecule has 1 aromatic heterocycles. The topological polar surface area (TPSA) is 223 Å². The summed E-state index contributed by atoms with van der Waals surface area (Å²) in [5.41, 5.74) is -0.577. The van der Waals surface area contributed by atoms with E-state index < -0.39 is 34.2 Å². The van der Waals surface area contributed by atoms with Gasteiger partial charge in [0.15, 0.2) is 0 Å². The molecule has 1 saturated heterocycles. The van der Waals surface area contributed by atoms with Crippen LogP contribution >= 0.6 is 23.1 Å². The van der Waals surface area contributed by atoms with E-state index in [-0.39, 0.29) is 55.3 Å². The van der Waals surface area contributed by atoms with Crippen LogP contribution in [0.5, 0.6) is 0 Å². The van der Waals surface area contributed by atoms with Gasteiger partial charge in [-0.05, 0) is 17.7 Å². The molecule has 4 unspecified atom stereocenters. The number of ether oxygens (including phenoxy) is 5. The van der Waals surface area contributed by atoms with E-state index in [4.69, 9.17) is 35.3 Å². The largest absolute Gasteiger partial charge is 0.388 e. The zero-order valence-corrected chi connectivity index (χ0v) is 23.3. The summed E-state index contributed by atoms with van der Waals surface area (Å²) in [4.78, 5) is 24.5. The van der Waals surface area contributed by atoms with Gasteiger partial charge in [0.2, 0.25) is 10.4 Å². The second kappa shape index (κ2) is 17.2. The quantitative estimate of drug-likeness (QED) is 0.0977. The first-order chi connectivity index (χ1) is 19.8. The Hall–Kier alpha value is -2.81.